The highest BCUT2D eigenvalue weighted by Gasteiger charge is 2.01. The number of halogens is 1. The van der Waals surface area contributed by atoms with Crippen LogP contribution in [0.3, 0.4) is 0 Å². The van der Waals surface area contributed by atoms with Gasteiger partial charge in [0.2, 0.25) is 0 Å². The molecule has 2 nitrogen and oxygen atoms in total. The average Bonchev–Trinajstić information content (AvgIpc) is 2.45. The van der Waals surface area contributed by atoms with Gasteiger partial charge in [-0.2, -0.15) is 0 Å². The molecule has 116 valence electrons. The van der Waals surface area contributed by atoms with E-state index < -0.39 is 0 Å². The topological polar surface area (TPSA) is 26.3 Å². The molecule has 0 aromatic carbocycles. The zero-order chi connectivity index (χ0) is 14.9. The van der Waals surface area contributed by atoms with E-state index >= 15 is 0 Å². The van der Waals surface area contributed by atoms with Crippen LogP contribution in [0.2, 0.25) is 0 Å². The van der Waals surface area contributed by atoms with Crippen molar-refractivity contribution in [1.82, 2.24) is 0 Å². The standard InChI is InChI=1S/C17H29BrO2/c1-2-3-4-5-6-10-13-16-20-17(19)14-11-8-7-9-12-15-18/h2-4,7-16H2,1H3. The summed E-state index contributed by atoms with van der Waals surface area (Å²) >= 11 is 3.42. The van der Waals surface area contributed by atoms with Crippen molar-refractivity contribution in [3.63, 3.8) is 0 Å². The van der Waals surface area contributed by atoms with E-state index in [0.29, 0.717) is 13.0 Å². The number of rotatable bonds is 12. The maximum Gasteiger partial charge on any atom is 0.305 e. The Morgan fingerprint density at radius 1 is 0.950 bits per heavy atom. The minimum Gasteiger partial charge on any atom is -0.466 e. The molecule has 0 amide bonds. The van der Waals surface area contributed by atoms with Crippen LogP contribution >= 0.6 is 15.9 Å². The second kappa shape index (κ2) is 16.6. The van der Waals surface area contributed by atoms with E-state index in [0.717, 1.165) is 37.4 Å². The molecule has 0 N–H and O–H groups in total. The fourth-order valence-electron chi connectivity index (χ4n) is 1.75. The van der Waals surface area contributed by atoms with Crippen LogP contribution in [0.5, 0.6) is 0 Å². The lowest BCUT2D eigenvalue weighted by Crippen LogP contribution is -2.05. The predicted octanol–water partition coefficient (Wildman–Crippen LogP) is 5.24. The summed E-state index contributed by atoms with van der Waals surface area (Å²) in [4.78, 5) is 11.4. The summed E-state index contributed by atoms with van der Waals surface area (Å²) in [7, 11) is 0. The van der Waals surface area contributed by atoms with Crippen LogP contribution in [0, 0.1) is 11.8 Å². The van der Waals surface area contributed by atoms with Crippen LogP contribution in [0.15, 0.2) is 0 Å². The van der Waals surface area contributed by atoms with Gasteiger partial charge < -0.3 is 4.74 Å². The van der Waals surface area contributed by atoms with E-state index in [1.165, 1.54) is 32.1 Å². The Morgan fingerprint density at radius 2 is 1.60 bits per heavy atom. The maximum atomic E-state index is 11.4. The molecule has 0 radical (unpaired) electrons. The van der Waals surface area contributed by atoms with Gasteiger partial charge in [-0.05, 0) is 25.7 Å². The molecular formula is C17H29BrO2. The lowest BCUT2D eigenvalue weighted by molar-refractivity contribution is -0.143. The minimum absolute atomic E-state index is 0.0515. The van der Waals surface area contributed by atoms with Gasteiger partial charge in [0.1, 0.15) is 0 Å². The Kier molecular flexibility index (Phi) is 16.2. The van der Waals surface area contributed by atoms with E-state index in [-0.39, 0.29) is 5.97 Å². The smallest absolute Gasteiger partial charge is 0.305 e. The fraction of sp³-hybridized carbons (Fsp3) is 0.824. The first kappa shape index (κ1) is 19.5. The van der Waals surface area contributed by atoms with Crippen molar-refractivity contribution in [1.29, 1.82) is 0 Å². The lowest BCUT2D eigenvalue weighted by atomic mass is 10.1. The number of hydrogen-bond acceptors (Lipinski definition) is 2. The van der Waals surface area contributed by atoms with Crippen LogP contribution in [0.1, 0.15) is 77.6 Å². The molecular weight excluding hydrogens is 316 g/mol. The summed E-state index contributed by atoms with van der Waals surface area (Å²) in [5, 5.41) is 1.08. The van der Waals surface area contributed by atoms with Gasteiger partial charge in [0.15, 0.2) is 0 Å². The van der Waals surface area contributed by atoms with Crippen LogP contribution in [-0.2, 0) is 9.53 Å². The molecule has 0 aliphatic heterocycles. The van der Waals surface area contributed by atoms with Gasteiger partial charge in [0.05, 0.1) is 6.61 Å². The largest absolute Gasteiger partial charge is 0.466 e. The molecule has 0 heterocycles. The molecule has 0 unspecified atom stereocenters. The number of ether oxygens (including phenoxy) is 1. The van der Waals surface area contributed by atoms with Crippen molar-refractivity contribution in [2.24, 2.45) is 0 Å². The van der Waals surface area contributed by atoms with Crippen molar-refractivity contribution in [3.05, 3.63) is 0 Å². The summed E-state index contributed by atoms with van der Waals surface area (Å²) in [5.74, 6) is 6.21. The van der Waals surface area contributed by atoms with Crippen LogP contribution in [0.25, 0.3) is 0 Å². The SMILES string of the molecule is CCCCC#CCCCOC(=O)CCCCCCCBr. The highest BCUT2D eigenvalue weighted by atomic mass is 79.9. The number of hydrogen-bond donors (Lipinski definition) is 0. The van der Waals surface area contributed by atoms with Crippen molar-refractivity contribution >= 4 is 21.9 Å². The van der Waals surface area contributed by atoms with Gasteiger partial charge >= 0.3 is 5.97 Å². The molecule has 0 spiro atoms. The van der Waals surface area contributed by atoms with Gasteiger partial charge in [0.25, 0.3) is 0 Å². The first-order valence-corrected chi connectivity index (χ1v) is 9.10. The van der Waals surface area contributed by atoms with E-state index in [1.807, 2.05) is 0 Å². The third kappa shape index (κ3) is 15.6. The molecule has 3 heteroatoms. The highest BCUT2D eigenvalue weighted by molar-refractivity contribution is 9.09. The Balaban J connectivity index is 3.25. The van der Waals surface area contributed by atoms with E-state index in [2.05, 4.69) is 34.7 Å². The Morgan fingerprint density at radius 3 is 2.30 bits per heavy atom. The van der Waals surface area contributed by atoms with Crippen LogP contribution < -0.4 is 0 Å². The number of esters is 1. The third-order valence-electron chi connectivity index (χ3n) is 3.00. The lowest BCUT2D eigenvalue weighted by Gasteiger charge is -2.03. The number of unbranched alkanes of at least 4 members (excludes halogenated alkanes) is 7. The molecule has 20 heavy (non-hydrogen) atoms. The monoisotopic (exact) mass is 344 g/mol. The van der Waals surface area contributed by atoms with Gasteiger partial charge in [-0.25, -0.2) is 0 Å². The fourth-order valence-corrected chi connectivity index (χ4v) is 2.15. The molecule has 0 aromatic rings. The zero-order valence-electron chi connectivity index (χ0n) is 12.9. The molecule has 0 saturated heterocycles. The zero-order valence-corrected chi connectivity index (χ0v) is 14.5. The first-order valence-electron chi connectivity index (χ1n) is 7.98. The molecule has 0 aliphatic rings. The second-order valence-corrected chi connectivity index (χ2v) is 5.78. The number of alkyl halides is 1. The molecule has 0 bridgehead atoms. The Hall–Kier alpha value is -0.490. The Labute approximate surface area is 133 Å². The Bertz CT molecular complexity index is 278. The highest BCUT2D eigenvalue weighted by Crippen LogP contribution is 2.07. The predicted molar refractivity (Wildman–Crippen MR) is 89.0 cm³/mol. The molecule has 0 fully saturated rings. The van der Waals surface area contributed by atoms with Gasteiger partial charge in [-0.1, -0.05) is 48.5 Å². The third-order valence-corrected chi connectivity index (χ3v) is 3.56. The normalized spacial score (nSPS) is 9.90. The van der Waals surface area contributed by atoms with E-state index in [4.69, 9.17) is 4.74 Å². The van der Waals surface area contributed by atoms with Gasteiger partial charge in [-0.15, -0.1) is 11.8 Å². The molecule has 0 rings (SSSR count). The van der Waals surface area contributed by atoms with Crippen molar-refractivity contribution in [2.75, 3.05) is 11.9 Å². The van der Waals surface area contributed by atoms with Crippen molar-refractivity contribution in [2.45, 2.75) is 77.6 Å². The van der Waals surface area contributed by atoms with Crippen LogP contribution in [0.4, 0.5) is 0 Å². The molecule has 0 saturated carbocycles. The molecule has 0 atom stereocenters. The summed E-state index contributed by atoms with van der Waals surface area (Å²) in [5.41, 5.74) is 0. The molecule has 0 aliphatic carbocycles. The van der Waals surface area contributed by atoms with E-state index in [1.54, 1.807) is 0 Å². The minimum atomic E-state index is -0.0515. The summed E-state index contributed by atoms with van der Waals surface area (Å²) < 4.78 is 5.18. The summed E-state index contributed by atoms with van der Waals surface area (Å²) in [6.45, 7) is 2.69. The maximum absolute atomic E-state index is 11.4. The van der Waals surface area contributed by atoms with Crippen LogP contribution in [-0.4, -0.2) is 17.9 Å². The van der Waals surface area contributed by atoms with Gasteiger partial charge in [-0.3, -0.25) is 4.79 Å². The molecule has 0 aromatic heterocycles. The van der Waals surface area contributed by atoms with Crippen molar-refractivity contribution in [3.8, 4) is 11.8 Å². The van der Waals surface area contributed by atoms with Gasteiger partial charge in [0, 0.05) is 24.6 Å². The summed E-state index contributed by atoms with van der Waals surface area (Å²) in [6, 6.07) is 0. The van der Waals surface area contributed by atoms with E-state index in [9.17, 15) is 4.79 Å². The average molecular weight is 345 g/mol. The second-order valence-electron chi connectivity index (χ2n) is 4.99. The van der Waals surface area contributed by atoms with Crippen molar-refractivity contribution < 1.29 is 9.53 Å². The summed E-state index contributed by atoms with van der Waals surface area (Å²) in [6.07, 6.45) is 11.4. The number of carbonyl (C=O) groups excluding carboxylic acids is 1. The number of carbonyl (C=O) groups is 1. The first-order chi connectivity index (χ1) is 9.81. The quantitative estimate of drug-likeness (QED) is 0.209.